The van der Waals surface area contributed by atoms with Gasteiger partial charge in [-0.2, -0.15) is 11.8 Å². The molecule has 23 heavy (non-hydrogen) atoms. The van der Waals surface area contributed by atoms with E-state index in [1.165, 1.54) is 0 Å². The summed E-state index contributed by atoms with van der Waals surface area (Å²) in [5, 5.41) is 3.45. The highest BCUT2D eigenvalue weighted by atomic mass is 127. The summed E-state index contributed by atoms with van der Waals surface area (Å²) < 4.78 is 23.4. The molecule has 0 bridgehead atoms. The van der Waals surface area contributed by atoms with Gasteiger partial charge in [-0.1, -0.05) is 0 Å². The van der Waals surface area contributed by atoms with E-state index in [0.717, 1.165) is 31.2 Å². The quantitative estimate of drug-likeness (QED) is 0.386. The number of aliphatic imine (C=N–C) groups is 1. The minimum Gasteiger partial charge on any atom is -0.354 e. The zero-order valence-corrected chi connectivity index (χ0v) is 18.5. The van der Waals surface area contributed by atoms with Crippen molar-refractivity contribution in [2.45, 2.75) is 44.9 Å². The monoisotopic (exact) mass is 475 g/mol. The first-order valence-electron chi connectivity index (χ1n) is 8.07. The Bertz CT molecular complexity index is 521. The second-order valence-corrected chi connectivity index (χ2v) is 11.3. The summed E-state index contributed by atoms with van der Waals surface area (Å²) in [7, 11) is -2.82. The van der Waals surface area contributed by atoms with Crippen LogP contribution < -0.4 is 5.32 Å². The Labute approximate surface area is 162 Å². The summed E-state index contributed by atoms with van der Waals surface area (Å²) in [6, 6.07) is 0.323. The maximum atomic E-state index is 11.6. The van der Waals surface area contributed by atoms with Crippen LogP contribution in [0.3, 0.4) is 0 Å². The largest absolute Gasteiger partial charge is 0.354 e. The molecule has 2 rings (SSSR count). The number of nitrogens with one attached hydrogen (secondary N) is 1. The van der Waals surface area contributed by atoms with Crippen LogP contribution in [0, 0.1) is 5.92 Å². The van der Waals surface area contributed by atoms with E-state index in [9.17, 15) is 8.42 Å². The van der Waals surface area contributed by atoms with Gasteiger partial charge in [0.2, 0.25) is 0 Å². The topological polar surface area (TPSA) is 61.8 Å². The molecule has 1 N–H and O–H groups in total. The number of rotatable bonds is 3. The van der Waals surface area contributed by atoms with Gasteiger partial charge in [-0.3, -0.25) is 4.99 Å². The average Bonchev–Trinajstić information content (AvgIpc) is 2.72. The molecule has 2 fully saturated rings. The molecule has 0 aromatic rings. The zero-order chi connectivity index (χ0) is 16.4. The molecule has 2 aliphatic heterocycles. The number of sulfone groups is 1. The molecule has 8 heteroatoms. The fourth-order valence-electron chi connectivity index (χ4n) is 2.92. The van der Waals surface area contributed by atoms with Crippen LogP contribution in [0.25, 0.3) is 0 Å². The van der Waals surface area contributed by atoms with Crippen LogP contribution in [0.1, 0.15) is 34.1 Å². The number of guanidine groups is 1. The van der Waals surface area contributed by atoms with Crippen LogP contribution in [-0.2, 0) is 9.84 Å². The SMILES string of the molecule is CC(C)NC(=NCC1CCS(=O)(=O)C1)N1CCSC(C)(C)C1.I. The molecular formula is C15H30IN3O2S2. The minimum atomic E-state index is -2.82. The Balaban J connectivity index is 0.00000264. The van der Waals surface area contributed by atoms with Gasteiger partial charge in [0.05, 0.1) is 11.5 Å². The summed E-state index contributed by atoms with van der Waals surface area (Å²) in [4.78, 5) is 7.08. The van der Waals surface area contributed by atoms with E-state index in [1.807, 2.05) is 11.8 Å². The summed E-state index contributed by atoms with van der Waals surface area (Å²) in [5.74, 6) is 2.85. The second-order valence-electron chi connectivity index (χ2n) is 7.26. The predicted octanol–water partition coefficient (Wildman–Crippen LogP) is 2.22. The number of thioether (sulfide) groups is 1. The van der Waals surface area contributed by atoms with Crippen LogP contribution in [0.4, 0.5) is 0 Å². The van der Waals surface area contributed by atoms with Crippen molar-refractivity contribution in [2.24, 2.45) is 10.9 Å². The molecule has 0 amide bonds. The molecule has 2 heterocycles. The smallest absolute Gasteiger partial charge is 0.194 e. The maximum absolute atomic E-state index is 11.6. The molecule has 0 aromatic carbocycles. The van der Waals surface area contributed by atoms with Crippen molar-refractivity contribution in [3.8, 4) is 0 Å². The van der Waals surface area contributed by atoms with E-state index in [-0.39, 0.29) is 34.6 Å². The van der Waals surface area contributed by atoms with Crippen molar-refractivity contribution in [2.75, 3.05) is 36.9 Å². The number of hydrogen-bond acceptors (Lipinski definition) is 4. The molecule has 0 aliphatic carbocycles. The first-order valence-corrected chi connectivity index (χ1v) is 10.9. The van der Waals surface area contributed by atoms with E-state index in [0.29, 0.717) is 24.1 Å². The van der Waals surface area contributed by atoms with E-state index in [2.05, 4.69) is 37.9 Å². The highest BCUT2D eigenvalue weighted by Crippen LogP contribution is 2.29. The van der Waals surface area contributed by atoms with Gasteiger partial charge >= 0.3 is 0 Å². The van der Waals surface area contributed by atoms with E-state index in [1.54, 1.807) is 0 Å². The van der Waals surface area contributed by atoms with Crippen molar-refractivity contribution in [1.82, 2.24) is 10.2 Å². The Morgan fingerprint density at radius 2 is 2.13 bits per heavy atom. The van der Waals surface area contributed by atoms with Crippen LogP contribution in [0.5, 0.6) is 0 Å². The van der Waals surface area contributed by atoms with Crippen molar-refractivity contribution < 1.29 is 8.42 Å². The standard InChI is InChI=1S/C15H29N3O2S2.HI/c1-12(2)17-14(18-6-7-21-15(3,4)11-18)16-9-13-5-8-22(19,20)10-13;/h12-13H,5-11H2,1-4H3,(H,16,17);1H. The Kier molecular flexibility index (Phi) is 7.98. The molecular weight excluding hydrogens is 445 g/mol. The van der Waals surface area contributed by atoms with Crippen LogP contribution >= 0.6 is 35.7 Å². The van der Waals surface area contributed by atoms with Crippen molar-refractivity contribution in [3.05, 3.63) is 0 Å². The van der Waals surface area contributed by atoms with Gasteiger partial charge in [-0.15, -0.1) is 24.0 Å². The Morgan fingerprint density at radius 1 is 1.43 bits per heavy atom. The van der Waals surface area contributed by atoms with E-state index >= 15 is 0 Å². The Morgan fingerprint density at radius 3 is 2.65 bits per heavy atom. The van der Waals surface area contributed by atoms with Gasteiger partial charge in [0.1, 0.15) is 0 Å². The molecule has 0 aromatic heterocycles. The number of nitrogens with zero attached hydrogens (tertiary/aromatic N) is 2. The summed E-state index contributed by atoms with van der Waals surface area (Å²) in [6.07, 6.45) is 0.752. The molecule has 1 unspecified atom stereocenters. The lowest BCUT2D eigenvalue weighted by molar-refractivity contribution is 0.370. The normalized spacial score (nSPS) is 26.9. The van der Waals surface area contributed by atoms with Gasteiger partial charge in [0.15, 0.2) is 15.8 Å². The lowest BCUT2D eigenvalue weighted by atomic mass is 10.1. The molecule has 0 radical (unpaired) electrons. The first-order chi connectivity index (χ1) is 10.2. The lowest BCUT2D eigenvalue weighted by Gasteiger charge is -2.39. The van der Waals surface area contributed by atoms with Crippen molar-refractivity contribution in [3.63, 3.8) is 0 Å². The third-order valence-electron chi connectivity index (χ3n) is 3.97. The molecule has 1 atom stereocenters. The number of halogens is 1. The maximum Gasteiger partial charge on any atom is 0.194 e. The van der Waals surface area contributed by atoms with Crippen molar-refractivity contribution in [1.29, 1.82) is 0 Å². The van der Waals surface area contributed by atoms with Gasteiger partial charge in [0.25, 0.3) is 0 Å². The average molecular weight is 475 g/mol. The third kappa shape index (κ3) is 6.97. The van der Waals surface area contributed by atoms with Gasteiger partial charge < -0.3 is 10.2 Å². The highest BCUT2D eigenvalue weighted by Gasteiger charge is 2.30. The van der Waals surface area contributed by atoms with Crippen molar-refractivity contribution >= 4 is 51.5 Å². The molecule has 5 nitrogen and oxygen atoms in total. The summed E-state index contributed by atoms with van der Waals surface area (Å²) in [6.45, 7) is 11.3. The van der Waals surface area contributed by atoms with E-state index < -0.39 is 9.84 Å². The van der Waals surface area contributed by atoms with Gasteiger partial charge in [-0.05, 0) is 40.0 Å². The second kappa shape index (κ2) is 8.60. The summed E-state index contributed by atoms with van der Waals surface area (Å²) >= 11 is 2.00. The fraction of sp³-hybridized carbons (Fsp3) is 0.933. The number of hydrogen-bond donors (Lipinski definition) is 1. The summed E-state index contributed by atoms with van der Waals surface area (Å²) in [5.41, 5.74) is 0. The third-order valence-corrected chi connectivity index (χ3v) is 7.10. The predicted molar refractivity (Wildman–Crippen MR) is 111 cm³/mol. The van der Waals surface area contributed by atoms with Gasteiger partial charge in [-0.25, -0.2) is 8.42 Å². The van der Waals surface area contributed by atoms with Gasteiger partial charge in [0, 0.05) is 36.2 Å². The van der Waals surface area contributed by atoms with E-state index in [4.69, 9.17) is 4.99 Å². The Hall–Kier alpha value is 0.300. The molecule has 136 valence electrons. The molecule has 0 spiro atoms. The van der Waals surface area contributed by atoms with Crippen LogP contribution in [0.15, 0.2) is 4.99 Å². The fourth-order valence-corrected chi connectivity index (χ4v) is 5.88. The zero-order valence-electron chi connectivity index (χ0n) is 14.5. The molecule has 0 saturated carbocycles. The van der Waals surface area contributed by atoms with Crippen LogP contribution in [-0.4, -0.2) is 67.0 Å². The minimum absolute atomic E-state index is 0. The molecule has 2 aliphatic rings. The first kappa shape index (κ1) is 21.3. The highest BCUT2D eigenvalue weighted by molar-refractivity contribution is 14.0. The van der Waals surface area contributed by atoms with Crippen LogP contribution in [0.2, 0.25) is 0 Å². The lowest BCUT2D eigenvalue weighted by Crippen LogP contribution is -2.52. The molecule has 2 saturated heterocycles.